The number of nitrogens with two attached hydrogens (primary N) is 1. The molecule has 0 aliphatic heterocycles. The van der Waals surface area contributed by atoms with Gasteiger partial charge in [-0.2, -0.15) is 0 Å². The maximum Gasteiger partial charge on any atom is 0.262 e. The van der Waals surface area contributed by atoms with Crippen LogP contribution in [-0.4, -0.2) is 29.5 Å². The van der Waals surface area contributed by atoms with E-state index in [4.69, 9.17) is 15.2 Å². The molecular formula is C14H15FN4O2. The first-order valence-corrected chi connectivity index (χ1v) is 6.28. The number of hydrogen-bond donors (Lipinski definition) is 1. The molecule has 0 fully saturated rings. The quantitative estimate of drug-likeness (QED) is 0.674. The third-order valence-corrected chi connectivity index (χ3v) is 2.55. The van der Waals surface area contributed by atoms with Crippen molar-refractivity contribution < 1.29 is 13.9 Å². The van der Waals surface area contributed by atoms with Gasteiger partial charge in [0.1, 0.15) is 17.4 Å². The summed E-state index contributed by atoms with van der Waals surface area (Å²) in [5.74, 6) is 0.619. The summed E-state index contributed by atoms with van der Waals surface area (Å²) in [6.45, 7) is 2.16. The number of aromatic nitrogens is 2. The average Bonchev–Trinajstić information content (AvgIpc) is 2.50. The third kappa shape index (κ3) is 3.65. The van der Waals surface area contributed by atoms with Crippen LogP contribution < -0.4 is 15.2 Å². The Morgan fingerprint density at radius 1 is 1.33 bits per heavy atom. The van der Waals surface area contributed by atoms with E-state index < -0.39 is 5.82 Å². The van der Waals surface area contributed by atoms with Crippen LogP contribution in [0.15, 0.2) is 35.7 Å². The second kappa shape index (κ2) is 6.65. The van der Waals surface area contributed by atoms with Gasteiger partial charge in [-0.25, -0.2) is 9.37 Å². The Bertz CT molecular complexity index is 661. The van der Waals surface area contributed by atoms with Gasteiger partial charge in [-0.3, -0.25) is 9.98 Å². The maximum atomic E-state index is 13.2. The summed E-state index contributed by atoms with van der Waals surface area (Å²) in [5.41, 5.74) is 6.34. The van der Waals surface area contributed by atoms with Gasteiger partial charge in [-0.15, -0.1) is 0 Å². The zero-order valence-corrected chi connectivity index (χ0v) is 11.7. The molecular weight excluding hydrogens is 275 g/mol. The van der Waals surface area contributed by atoms with E-state index in [0.29, 0.717) is 23.8 Å². The molecule has 6 nitrogen and oxygen atoms in total. The highest BCUT2D eigenvalue weighted by Gasteiger charge is 2.11. The topological polar surface area (TPSA) is 82.6 Å². The van der Waals surface area contributed by atoms with Crippen molar-refractivity contribution in [2.45, 2.75) is 6.92 Å². The lowest BCUT2D eigenvalue weighted by Crippen LogP contribution is -2.13. The van der Waals surface area contributed by atoms with Gasteiger partial charge in [0.25, 0.3) is 5.88 Å². The number of hydrogen-bond acceptors (Lipinski definition) is 5. The van der Waals surface area contributed by atoms with Crippen LogP contribution in [0.4, 0.5) is 4.39 Å². The minimum absolute atomic E-state index is 0.157. The molecule has 2 aromatic heterocycles. The number of rotatable bonds is 5. The molecule has 21 heavy (non-hydrogen) atoms. The molecule has 0 atom stereocenters. The Labute approximate surface area is 121 Å². The standard InChI is InChI=1S/C14H15FN4O2/c1-3-20-12-5-10(15)7-19-14(12)21-11-4-9(6-18-8-11)13(16)17-2/h4-8H,3H2,1-2H3,(H2,16,17). The van der Waals surface area contributed by atoms with Crippen LogP contribution in [0.1, 0.15) is 12.5 Å². The number of nitrogens with zero attached hydrogens (tertiary/aromatic N) is 3. The molecule has 0 aliphatic rings. The molecule has 2 heterocycles. The van der Waals surface area contributed by atoms with E-state index >= 15 is 0 Å². The zero-order chi connectivity index (χ0) is 15.2. The van der Waals surface area contributed by atoms with Crippen LogP contribution in [0.2, 0.25) is 0 Å². The van der Waals surface area contributed by atoms with Crippen LogP contribution in [0.3, 0.4) is 0 Å². The zero-order valence-electron chi connectivity index (χ0n) is 11.7. The fourth-order valence-corrected chi connectivity index (χ4v) is 1.60. The number of pyridine rings is 2. The molecule has 0 saturated heterocycles. The van der Waals surface area contributed by atoms with E-state index in [0.717, 1.165) is 6.20 Å². The van der Waals surface area contributed by atoms with Gasteiger partial charge >= 0.3 is 0 Å². The molecule has 0 aliphatic carbocycles. The molecule has 7 heteroatoms. The predicted molar refractivity (Wildman–Crippen MR) is 76.3 cm³/mol. The lowest BCUT2D eigenvalue weighted by atomic mass is 10.2. The Hall–Kier alpha value is -2.70. The molecule has 0 aromatic carbocycles. The Kier molecular flexibility index (Phi) is 4.65. The van der Waals surface area contributed by atoms with Crippen LogP contribution in [-0.2, 0) is 0 Å². The highest BCUT2D eigenvalue weighted by molar-refractivity contribution is 5.97. The number of halogens is 1. The van der Waals surface area contributed by atoms with Gasteiger partial charge < -0.3 is 15.2 Å². The highest BCUT2D eigenvalue weighted by Crippen LogP contribution is 2.29. The molecule has 0 bridgehead atoms. The van der Waals surface area contributed by atoms with Crippen LogP contribution >= 0.6 is 0 Å². The molecule has 0 saturated carbocycles. The molecule has 0 spiro atoms. The summed E-state index contributed by atoms with van der Waals surface area (Å²) < 4.78 is 24.1. The maximum absolute atomic E-state index is 13.2. The lowest BCUT2D eigenvalue weighted by Gasteiger charge is -2.10. The molecule has 2 aromatic rings. The highest BCUT2D eigenvalue weighted by atomic mass is 19.1. The first-order valence-electron chi connectivity index (χ1n) is 6.28. The van der Waals surface area contributed by atoms with E-state index in [9.17, 15) is 4.39 Å². The van der Waals surface area contributed by atoms with Crippen molar-refractivity contribution in [1.82, 2.24) is 9.97 Å². The smallest absolute Gasteiger partial charge is 0.262 e. The molecule has 2 N–H and O–H groups in total. The molecule has 0 amide bonds. The van der Waals surface area contributed by atoms with Crippen molar-refractivity contribution in [2.24, 2.45) is 10.7 Å². The van der Waals surface area contributed by atoms with Gasteiger partial charge in [-0.05, 0) is 13.0 Å². The van der Waals surface area contributed by atoms with Crippen molar-refractivity contribution in [3.05, 3.63) is 42.1 Å². The predicted octanol–water partition coefficient (Wildman–Crippen LogP) is 2.14. The third-order valence-electron chi connectivity index (χ3n) is 2.55. The van der Waals surface area contributed by atoms with Crippen LogP contribution in [0.5, 0.6) is 17.4 Å². The van der Waals surface area contributed by atoms with Crippen molar-refractivity contribution >= 4 is 5.84 Å². The summed E-state index contributed by atoms with van der Waals surface area (Å²) in [7, 11) is 1.58. The Balaban J connectivity index is 2.30. The Morgan fingerprint density at radius 2 is 2.14 bits per heavy atom. The monoisotopic (exact) mass is 290 g/mol. The summed E-state index contributed by atoms with van der Waals surface area (Å²) in [5, 5.41) is 0. The lowest BCUT2D eigenvalue weighted by molar-refractivity contribution is 0.313. The van der Waals surface area contributed by atoms with Gasteiger partial charge in [0.05, 0.1) is 19.0 Å². The largest absolute Gasteiger partial charge is 0.488 e. The second-order valence-corrected chi connectivity index (χ2v) is 4.01. The van der Waals surface area contributed by atoms with Crippen LogP contribution in [0, 0.1) is 5.82 Å². The van der Waals surface area contributed by atoms with Crippen LogP contribution in [0.25, 0.3) is 0 Å². The average molecular weight is 290 g/mol. The fraction of sp³-hybridized carbons (Fsp3) is 0.214. The summed E-state index contributed by atoms with van der Waals surface area (Å²) >= 11 is 0. The van der Waals surface area contributed by atoms with Gasteiger partial charge in [0.15, 0.2) is 5.75 Å². The van der Waals surface area contributed by atoms with Crippen molar-refractivity contribution in [2.75, 3.05) is 13.7 Å². The minimum atomic E-state index is -0.500. The van der Waals surface area contributed by atoms with E-state index in [1.54, 1.807) is 26.2 Å². The van der Waals surface area contributed by atoms with E-state index in [1.807, 2.05) is 0 Å². The second-order valence-electron chi connectivity index (χ2n) is 4.01. The van der Waals surface area contributed by atoms with Gasteiger partial charge in [0, 0.05) is 24.9 Å². The van der Waals surface area contributed by atoms with Gasteiger partial charge in [-0.1, -0.05) is 0 Å². The van der Waals surface area contributed by atoms with Crippen molar-refractivity contribution in [1.29, 1.82) is 0 Å². The number of ether oxygens (including phenoxy) is 2. The fourth-order valence-electron chi connectivity index (χ4n) is 1.60. The Morgan fingerprint density at radius 3 is 2.86 bits per heavy atom. The SMILES string of the molecule is CCOc1cc(F)cnc1Oc1cncc(/C(N)=N/C)c1. The first-order chi connectivity index (χ1) is 10.1. The van der Waals surface area contributed by atoms with Crippen molar-refractivity contribution in [3.8, 4) is 17.4 Å². The summed E-state index contributed by atoms with van der Waals surface area (Å²) in [6, 6.07) is 2.88. The molecule has 0 unspecified atom stereocenters. The normalized spacial score (nSPS) is 11.3. The number of aliphatic imine (C=N–C) groups is 1. The van der Waals surface area contributed by atoms with Crippen molar-refractivity contribution in [3.63, 3.8) is 0 Å². The molecule has 2 rings (SSSR count). The van der Waals surface area contributed by atoms with E-state index in [2.05, 4.69) is 15.0 Å². The molecule has 110 valence electrons. The minimum Gasteiger partial charge on any atom is -0.488 e. The number of amidine groups is 1. The molecule has 0 radical (unpaired) electrons. The van der Waals surface area contributed by atoms with E-state index in [-0.39, 0.29) is 11.6 Å². The summed E-state index contributed by atoms with van der Waals surface area (Å²) in [6.07, 6.45) is 4.11. The summed E-state index contributed by atoms with van der Waals surface area (Å²) in [4.78, 5) is 11.8. The first kappa shape index (κ1) is 14.7. The van der Waals surface area contributed by atoms with Gasteiger partial charge in [0.2, 0.25) is 0 Å². The van der Waals surface area contributed by atoms with E-state index in [1.165, 1.54) is 12.3 Å².